The Morgan fingerprint density at radius 1 is 1.30 bits per heavy atom. The number of para-hydroxylation sites is 1. The highest BCUT2D eigenvalue weighted by Gasteiger charge is 2.37. The molecule has 3 N–H and O–H groups in total. The number of anilines is 1. The first-order valence-electron chi connectivity index (χ1n) is 8.09. The van der Waals surface area contributed by atoms with Crippen molar-refractivity contribution in [2.75, 3.05) is 11.9 Å². The molecule has 1 unspecified atom stereocenters. The number of nitro groups is 1. The normalized spacial score (nSPS) is 18.0. The topological polar surface area (TPSA) is 114 Å². The van der Waals surface area contributed by atoms with Crippen LogP contribution in [0.3, 0.4) is 0 Å². The molecule has 0 aromatic heterocycles. The number of allylic oxidation sites excluding steroid dienone is 1. The first-order valence-corrected chi connectivity index (χ1v) is 8.09. The van der Waals surface area contributed by atoms with E-state index in [0.717, 1.165) is 0 Å². The Bertz CT molecular complexity index is 1070. The van der Waals surface area contributed by atoms with Crippen LogP contribution in [0.1, 0.15) is 17.0 Å². The summed E-state index contributed by atoms with van der Waals surface area (Å²) in [7, 11) is 0. The van der Waals surface area contributed by atoms with Gasteiger partial charge in [-0.15, -0.1) is 0 Å². The molecular weight excluding hydrogens is 351 g/mol. The van der Waals surface area contributed by atoms with E-state index < -0.39 is 16.7 Å². The van der Waals surface area contributed by atoms with Gasteiger partial charge in [0.25, 0.3) is 5.69 Å². The van der Waals surface area contributed by atoms with Crippen molar-refractivity contribution < 1.29 is 14.1 Å². The van der Waals surface area contributed by atoms with Crippen molar-refractivity contribution in [3.05, 3.63) is 86.6 Å². The standard InChI is InChI=1S/C19H13FN4O3/c20-11-6-4-10(5-7-11)16-13(8-21)19(22)27-18-12-2-1-3-15(24(25)26)17(12)23-9-14(16)18/h1-7,16,23H,9,22H2. The Balaban J connectivity index is 1.92. The summed E-state index contributed by atoms with van der Waals surface area (Å²) in [4.78, 5) is 10.8. The minimum Gasteiger partial charge on any atom is -0.440 e. The van der Waals surface area contributed by atoms with E-state index in [9.17, 15) is 19.8 Å². The Hall–Kier alpha value is -3.86. The zero-order valence-corrected chi connectivity index (χ0v) is 13.9. The molecule has 8 heteroatoms. The highest BCUT2D eigenvalue weighted by atomic mass is 19.1. The van der Waals surface area contributed by atoms with Crippen molar-refractivity contribution in [2.45, 2.75) is 5.92 Å². The Kier molecular flexibility index (Phi) is 3.78. The number of nitrogens with two attached hydrogens (primary N) is 1. The average Bonchev–Trinajstić information content (AvgIpc) is 2.67. The van der Waals surface area contributed by atoms with E-state index in [1.165, 1.54) is 18.2 Å². The van der Waals surface area contributed by atoms with E-state index in [0.29, 0.717) is 28.1 Å². The summed E-state index contributed by atoms with van der Waals surface area (Å²) in [6, 6.07) is 12.5. The van der Waals surface area contributed by atoms with E-state index >= 15 is 0 Å². The predicted molar refractivity (Wildman–Crippen MR) is 95.6 cm³/mol. The molecule has 0 fully saturated rings. The van der Waals surface area contributed by atoms with Crippen LogP contribution in [0.25, 0.3) is 5.76 Å². The summed E-state index contributed by atoms with van der Waals surface area (Å²) in [6.07, 6.45) is 0. The van der Waals surface area contributed by atoms with Crippen molar-refractivity contribution >= 4 is 17.1 Å². The third kappa shape index (κ3) is 2.57. The van der Waals surface area contributed by atoms with Crippen LogP contribution < -0.4 is 11.1 Å². The summed E-state index contributed by atoms with van der Waals surface area (Å²) < 4.78 is 19.1. The monoisotopic (exact) mass is 364 g/mol. The summed E-state index contributed by atoms with van der Waals surface area (Å²) in [5.41, 5.74) is 8.35. The average molecular weight is 364 g/mol. The number of ether oxygens (including phenoxy) is 1. The molecule has 134 valence electrons. The van der Waals surface area contributed by atoms with Gasteiger partial charge in [0, 0.05) is 23.7 Å². The molecule has 0 saturated carbocycles. The van der Waals surface area contributed by atoms with Crippen LogP contribution in [0.2, 0.25) is 0 Å². The lowest BCUT2D eigenvalue weighted by Crippen LogP contribution is -2.27. The van der Waals surface area contributed by atoms with Crippen molar-refractivity contribution in [1.82, 2.24) is 0 Å². The van der Waals surface area contributed by atoms with Crippen LogP contribution in [-0.2, 0) is 4.74 Å². The molecule has 0 spiro atoms. The molecule has 0 radical (unpaired) electrons. The van der Waals surface area contributed by atoms with E-state index in [-0.39, 0.29) is 23.7 Å². The summed E-state index contributed by atoms with van der Waals surface area (Å²) >= 11 is 0. The molecule has 4 rings (SSSR count). The number of rotatable bonds is 2. The van der Waals surface area contributed by atoms with Gasteiger partial charge in [-0.25, -0.2) is 4.39 Å². The number of hydrogen-bond acceptors (Lipinski definition) is 6. The van der Waals surface area contributed by atoms with Gasteiger partial charge in [0.1, 0.15) is 28.9 Å². The quantitative estimate of drug-likeness (QED) is 0.624. The van der Waals surface area contributed by atoms with E-state index in [2.05, 4.69) is 11.4 Å². The highest BCUT2D eigenvalue weighted by Crippen LogP contribution is 2.47. The number of nitrogens with zero attached hydrogens (tertiary/aromatic N) is 2. The fraction of sp³-hybridized carbons (Fsp3) is 0.105. The second kappa shape index (κ2) is 6.14. The maximum Gasteiger partial charge on any atom is 0.293 e. The number of nitro benzene ring substituents is 1. The van der Waals surface area contributed by atoms with Gasteiger partial charge in [-0.2, -0.15) is 5.26 Å². The molecule has 1 atom stereocenters. The van der Waals surface area contributed by atoms with Crippen LogP contribution in [0.4, 0.5) is 15.8 Å². The number of hydrogen-bond donors (Lipinski definition) is 2. The van der Waals surface area contributed by atoms with Crippen LogP contribution >= 0.6 is 0 Å². The third-order valence-electron chi connectivity index (χ3n) is 4.67. The van der Waals surface area contributed by atoms with Gasteiger partial charge in [-0.3, -0.25) is 10.1 Å². The minimum atomic E-state index is -0.528. The second-order valence-electron chi connectivity index (χ2n) is 6.14. The van der Waals surface area contributed by atoms with Crippen LogP contribution in [0.5, 0.6) is 0 Å². The first-order chi connectivity index (χ1) is 13.0. The van der Waals surface area contributed by atoms with Gasteiger partial charge in [0.05, 0.1) is 10.8 Å². The molecule has 7 nitrogen and oxygen atoms in total. The van der Waals surface area contributed by atoms with Gasteiger partial charge in [-0.1, -0.05) is 18.2 Å². The Morgan fingerprint density at radius 2 is 2.04 bits per heavy atom. The number of nitriles is 1. The molecular formula is C19H13FN4O3. The lowest BCUT2D eigenvalue weighted by Gasteiger charge is -2.33. The molecule has 2 aliphatic heterocycles. The van der Waals surface area contributed by atoms with Gasteiger partial charge < -0.3 is 15.8 Å². The maximum absolute atomic E-state index is 13.3. The maximum atomic E-state index is 13.3. The van der Waals surface area contributed by atoms with Crippen molar-refractivity contribution in [2.24, 2.45) is 5.73 Å². The molecule has 2 aromatic rings. The summed E-state index contributed by atoms with van der Waals surface area (Å²) in [5, 5.41) is 23.9. The van der Waals surface area contributed by atoms with Crippen LogP contribution in [0, 0.1) is 27.3 Å². The van der Waals surface area contributed by atoms with E-state index in [1.54, 1.807) is 24.3 Å². The fourth-order valence-corrected chi connectivity index (χ4v) is 3.48. The minimum absolute atomic E-state index is 0.0649. The van der Waals surface area contributed by atoms with Gasteiger partial charge >= 0.3 is 0 Å². The Morgan fingerprint density at radius 3 is 2.70 bits per heavy atom. The summed E-state index contributed by atoms with van der Waals surface area (Å²) in [5.74, 6) is -0.597. The van der Waals surface area contributed by atoms with Crippen LogP contribution in [0.15, 0.2) is 59.5 Å². The number of nitrogens with one attached hydrogen (secondary N) is 1. The van der Waals surface area contributed by atoms with Crippen molar-refractivity contribution in [3.8, 4) is 6.07 Å². The lowest BCUT2D eigenvalue weighted by molar-refractivity contribution is -0.384. The Labute approximate surface area is 153 Å². The van der Waals surface area contributed by atoms with Gasteiger partial charge in [-0.05, 0) is 23.8 Å². The lowest BCUT2D eigenvalue weighted by atomic mass is 9.80. The van der Waals surface area contributed by atoms with Crippen LogP contribution in [-0.4, -0.2) is 11.5 Å². The SMILES string of the molecule is N#CC1=C(N)OC2=C(CNc3c2cccc3[N+](=O)[O-])C1c1ccc(F)cc1. The molecule has 2 aliphatic rings. The smallest absolute Gasteiger partial charge is 0.293 e. The molecule has 0 aliphatic carbocycles. The van der Waals surface area contributed by atoms with Crippen molar-refractivity contribution in [1.29, 1.82) is 5.26 Å². The van der Waals surface area contributed by atoms with Gasteiger partial charge in [0.15, 0.2) is 0 Å². The second-order valence-corrected chi connectivity index (χ2v) is 6.14. The molecule has 0 saturated heterocycles. The zero-order chi connectivity index (χ0) is 19.1. The molecule has 27 heavy (non-hydrogen) atoms. The molecule has 2 aromatic carbocycles. The number of benzene rings is 2. The number of halogens is 1. The largest absolute Gasteiger partial charge is 0.440 e. The zero-order valence-electron chi connectivity index (χ0n) is 13.9. The predicted octanol–water partition coefficient (Wildman–Crippen LogP) is 3.38. The highest BCUT2D eigenvalue weighted by molar-refractivity contribution is 5.86. The number of fused-ring (bicyclic) bond motifs is 2. The third-order valence-corrected chi connectivity index (χ3v) is 4.67. The van der Waals surface area contributed by atoms with E-state index in [4.69, 9.17) is 10.5 Å². The van der Waals surface area contributed by atoms with E-state index in [1.807, 2.05) is 0 Å². The molecule has 2 heterocycles. The summed E-state index contributed by atoms with van der Waals surface area (Å²) in [6.45, 7) is 0.230. The van der Waals surface area contributed by atoms with Gasteiger partial charge in [0.2, 0.25) is 5.88 Å². The molecule has 0 amide bonds. The molecule has 0 bridgehead atoms. The first kappa shape index (κ1) is 16.6. The fourth-order valence-electron chi connectivity index (χ4n) is 3.48. The van der Waals surface area contributed by atoms with Crippen molar-refractivity contribution in [3.63, 3.8) is 0 Å².